The van der Waals surface area contributed by atoms with E-state index in [0.29, 0.717) is 11.5 Å². The van der Waals surface area contributed by atoms with Crippen molar-refractivity contribution in [3.63, 3.8) is 0 Å². The van der Waals surface area contributed by atoms with Crippen molar-refractivity contribution < 1.29 is 4.79 Å². The van der Waals surface area contributed by atoms with Crippen LogP contribution in [0.1, 0.15) is 48.9 Å². The number of piperidine rings is 1. The van der Waals surface area contributed by atoms with Crippen molar-refractivity contribution in [2.45, 2.75) is 38.5 Å². The lowest BCUT2D eigenvalue weighted by molar-refractivity contribution is 0.0641. The van der Waals surface area contributed by atoms with E-state index in [-0.39, 0.29) is 11.6 Å². The molecular formula is C21H30N4O2. The number of aryl methyl sites for hydroxylation is 1. The number of aromatic amines is 1. The summed E-state index contributed by atoms with van der Waals surface area (Å²) in [4.78, 5) is 32.3. The third-order valence-electron chi connectivity index (χ3n) is 6.17. The highest BCUT2D eigenvalue weighted by Crippen LogP contribution is 2.22. The number of nitrogens with one attached hydrogen (secondary N) is 1. The summed E-state index contributed by atoms with van der Waals surface area (Å²) in [6, 6.07) is 5.52. The van der Waals surface area contributed by atoms with E-state index in [4.69, 9.17) is 0 Å². The van der Waals surface area contributed by atoms with Gasteiger partial charge in [0, 0.05) is 32.2 Å². The van der Waals surface area contributed by atoms with Crippen molar-refractivity contribution in [2.24, 2.45) is 13.0 Å². The van der Waals surface area contributed by atoms with Crippen LogP contribution in [0.25, 0.3) is 11.0 Å². The molecule has 4 rings (SSSR count). The van der Waals surface area contributed by atoms with Gasteiger partial charge in [0.1, 0.15) is 0 Å². The van der Waals surface area contributed by atoms with Crippen molar-refractivity contribution in [3.8, 4) is 0 Å². The van der Waals surface area contributed by atoms with E-state index in [0.717, 1.165) is 37.1 Å². The predicted molar refractivity (Wildman–Crippen MR) is 107 cm³/mol. The van der Waals surface area contributed by atoms with Gasteiger partial charge in [-0.05, 0) is 62.9 Å². The molecule has 146 valence electrons. The number of carbonyl (C=O) groups is 1. The average Bonchev–Trinajstić information content (AvgIpc) is 2.84. The molecule has 1 unspecified atom stereocenters. The number of imidazole rings is 1. The maximum absolute atomic E-state index is 13.0. The van der Waals surface area contributed by atoms with Crippen molar-refractivity contribution in [1.82, 2.24) is 19.4 Å². The average molecular weight is 370 g/mol. The van der Waals surface area contributed by atoms with Crippen LogP contribution in [0.15, 0.2) is 23.0 Å². The molecule has 2 aliphatic heterocycles. The second-order valence-corrected chi connectivity index (χ2v) is 8.20. The SMILES string of the molecule is Cn1c(=O)[nH]c2cc(C(=O)N3CCCC(CN4CCCCCC4)C3)ccc21. The highest BCUT2D eigenvalue weighted by atomic mass is 16.2. The Morgan fingerprint density at radius 2 is 1.89 bits per heavy atom. The number of hydrogen-bond acceptors (Lipinski definition) is 3. The van der Waals surface area contributed by atoms with Gasteiger partial charge in [-0.25, -0.2) is 4.79 Å². The molecule has 0 spiro atoms. The molecule has 1 aromatic heterocycles. The van der Waals surface area contributed by atoms with Gasteiger partial charge in [-0.2, -0.15) is 0 Å². The molecule has 2 fully saturated rings. The summed E-state index contributed by atoms with van der Waals surface area (Å²) in [6.45, 7) is 5.22. The van der Waals surface area contributed by atoms with Gasteiger partial charge in [0.05, 0.1) is 11.0 Å². The fourth-order valence-corrected chi connectivity index (χ4v) is 4.64. The first-order valence-electron chi connectivity index (χ1n) is 10.3. The van der Waals surface area contributed by atoms with Gasteiger partial charge in [0.25, 0.3) is 5.91 Å². The smallest absolute Gasteiger partial charge is 0.326 e. The highest BCUT2D eigenvalue weighted by molar-refractivity contribution is 5.97. The van der Waals surface area contributed by atoms with Crippen molar-refractivity contribution >= 4 is 16.9 Å². The minimum Gasteiger partial charge on any atom is -0.338 e. The van der Waals surface area contributed by atoms with Gasteiger partial charge in [-0.3, -0.25) is 9.36 Å². The molecule has 1 atom stereocenters. The van der Waals surface area contributed by atoms with Gasteiger partial charge < -0.3 is 14.8 Å². The number of H-pyrrole nitrogens is 1. The lowest BCUT2D eigenvalue weighted by Gasteiger charge is -2.35. The zero-order chi connectivity index (χ0) is 18.8. The Labute approximate surface area is 160 Å². The zero-order valence-corrected chi connectivity index (χ0v) is 16.2. The van der Waals surface area contributed by atoms with Crippen LogP contribution in [0.2, 0.25) is 0 Å². The van der Waals surface area contributed by atoms with Crippen molar-refractivity contribution in [1.29, 1.82) is 0 Å². The Morgan fingerprint density at radius 1 is 1.11 bits per heavy atom. The van der Waals surface area contributed by atoms with E-state index < -0.39 is 0 Å². The molecule has 0 bridgehead atoms. The van der Waals surface area contributed by atoms with Gasteiger partial charge in [0.2, 0.25) is 0 Å². The topological polar surface area (TPSA) is 61.3 Å². The summed E-state index contributed by atoms with van der Waals surface area (Å²) in [6.07, 6.45) is 7.63. The molecule has 0 aliphatic carbocycles. The number of aromatic nitrogens is 2. The monoisotopic (exact) mass is 370 g/mol. The highest BCUT2D eigenvalue weighted by Gasteiger charge is 2.26. The maximum Gasteiger partial charge on any atom is 0.326 e. The Balaban J connectivity index is 1.44. The largest absolute Gasteiger partial charge is 0.338 e. The van der Waals surface area contributed by atoms with Crippen LogP contribution in [0, 0.1) is 5.92 Å². The molecule has 0 saturated carbocycles. The van der Waals surface area contributed by atoms with E-state index >= 15 is 0 Å². The van der Waals surface area contributed by atoms with Gasteiger partial charge in [-0.1, -0.05) is 12.8 Å². The molecule has 2 aliphatic rings. The Morgan fingerprint density at radius 3 is 2.67 bits per heavy atom. The molecule has 27 heavy (non-hydrogen) atoms. The molecule has 1 N–H and O–H groups in total. The number of amides is 1. The maximum atomic E-state index is 13.0. The van der Waals surface area contributed by atoms with E-state index in [1.807, 2.05) is 23.1 Å². The summed E-state index contributed by atoms with van der Waals surface area (Å²) >= 11 is 0. The molecule has 0 radical (unpaired) electrons. The number of likely N-dealkylation sites (tertiary alicyclic amines) is 2. The lowest BCUT2D eigenvalue weighted by atomic mass is 9.96. The van der Waals surface area contributed by atoms with E-state index in [9.17, 15) is 9.59 Å². The minimum absolute atomic E-state index is 0.0853. The second kappa shape index (κ2) is 7.89. The fraction of sp³-hybridized carbons (Fsp3) is 0.619. The molecule has 3 heterocycles. The molecule has 6 nitrogen and oxygen atoms in total. The summed E-state index contributed by atoms with van der Waals surface area (Å²) in [7, 11) is 1.74. The fourth-order valence-electron chi connectivity index (χ4n) is 4.64. The van der Waals surface area contributed by atoms with Crippen LogP contribution in [0.5, 0.6) is 0 Å². The first-order chi connectivity index (χ1) is 13.1. The zero-order valence-electron chi connectivity index (χ0n) is 16.2. The number of fused-ring (bicyclic) bond motifs is 1. The molecular weight excluding hydrogens is 340 g/mol. The normalized spacial score (nSPS) is 22.1. The lowest BCUT2D eigenvalue weighted by Crippen LogP contribution is -2.44. The summed E-state index contributed by atoms with van der Waals surface area (Å²) in [5, 5.41) is 0. The molecule has 1 aromatic carbocycles. The van der Waals surface area contributed by atoms with Gasteiger partial charge >= 0.3 is 5.69 Å². The first kappa shape index (κ1) is 18.3. The molecule has 2 saturated heterocycles. The second-order valence-electron chi connectivity index (χ2n) is 8.20. The Hall–Kier alpha value is -2.08. The number of hydrogen-bond donors (Lipinski definition) is 1. The van der Waals surface area contributed by atoms with E-state index in [1.54, 1.807) is 11.6 Å². The van der Waals surface area contributed by atoms with Gasteiger partial charge in [-0.15, -0.1) is 0 Å². The Kier molecular flexibility index (Phi) is 5.34. The predicted octanol–water partition coefficient (Wildman–Crippen LogP) is 2.59. The molecule has 6 heteroatoms. The molecule has 1 amide bonds. The number of carbonyl (C=O) groups excluding carboxylic acids is 1. The van der Waals surface area contributed by atoms with Crippen LogP contribution in [-0.4, -0.2) is 58.0 Å². The number of nitrogens with zero attached hydrogens (tertiary/aromatic N) is 3. The summed E-state index contributed by atoms with van der Waals surface area (Å²) < 4.78 is 1.57. The number of rotatable bonds is 3. The third-order valence-corrected chi connectivity index (χ3v) is 6.17. The van der Waals surface area contributed by atoms with Crippen molar-refractivity contribution in [3.05, 3.63) is 34.2 Å². The van der Waals surface area contributed by atoms with Crippen molar-refractivity contribution in [2.75, 3.05) is 32.7 Å². The third kappa shape index (κ3) is 3.95. The minimum atomic E-state index is -0.148. The standard InChI is InChI=1S/C21H30N4O2/c1-23-19-9-8-17(13-18(19)22-21(23)27)20(26)25-12-6-7-16(15-25)14-24-10-4-2-3-5-11-24/h8-9,13,16H,2-7,10-12,14-15H2,1H3,(H,22,27). The quantitative estimate of drug-likeness (QED) is 0.903. The van der Waals surface area contributed by atoms with Crippen LogP contribution < -0.4 is 5.69 Å². The first-order valence-corrected chi connectivity index (χ1v) is 10.3. The Bertz CT molecular complexity index is 861. The van der Waals surface area contributed by atoms with Crippen LogP contribution in [0.3, 0.4) is 0 Å². The van der Waals surface area contributed by atoms with E-state index in [1.165, 1.54) is 45.2 Å². The van der Waals surface area contributed by atoms with Crippen LogP contribution >= 0.6 is 0 Å². The van der Waals surface area contributed by atoms with E-state index in [2.05, 4.69) is 9.88 Å². The van der Waals surface area contributed by atoms with Crippen LogP contribution in [0.4, 0.5) is 0 Å². The summed E-state index contributed by atoms with van der Waals surface area (Å²) in [5.41, 5.74) is 2.07. The molecule has 2 aromatic rings. The summed E-state index contributed by atoms with van der Waals surface area (Å²) in [5.74, 6) is 0.656. The van der Waals surface area contributed by atoms with Gasteiger partial charge in [0.15, 0.2) is 0 Å². The number of benzene rings is 1. The van der Waals surface area contributed by atoms with Crippen LogP contribution in [-0.2, 0) is 7.05 Å².